The fourth-order valence-corrected chi connectivity index (χ4v) is 3.36. The molecule has 6 heteroatoms. The third-order valence-electron chi connectivity index (χ3n) is 4.20. The molecule has 0 spiro atoms. The smallest absolute Gasteiger partial charge is 0.191 e. The molecule has 23 heavy (non-hydrogen) atoms. The second-order valence-electron chi connectivity index (χ2n) is 5.93. The summed E-state index contributed by atoms with van der Waals surface area (Å²) in [5, 5.41) is 7.72. The summed E-state index contributed by atoms with van der Waals surface area (Å²) in [4.78, 5) is 9.80. The maximum Gasteiger partial charge on any atom is 0.191 e. The van der Waals surface area contributed by atoms with Gasteiger partial charge in [-0.05, 0) is 37.5 Å². The van der Waals surface area contributed by atoms with Crippen molar-refractivity contribution in [3.63, 3.8) is 0 Å². The van der Waals surface area contributed by atoms with Gasteiger partial charge >= 0.3 is 0 Å². The molecule has 1 aromatic carbocycles. The number of hydrogen-bond donors (Lipinski definition) is 2. The van der Waals surface area contributed by atoms with Gasteiger partial charge in [0, 0.05) is 30.1 Å². The van der Waals surface area contributed by atoms with Gasteiger partial charge in [0.1, 0.15) is 10.8 Å². The highest BCUT2D eigenvalue weighted by atomic mass is 32.1. The van der Waals surface area contributed by atoms with Crippen molar-refractivity contribution in [2.24, 2.45) is 4.99 Å². The maximum atomic E-state index is 13.1. The van der Waals surface area contributed by atoms with Gasteiger partial charge in [0.2, 0.25) is 0 Å². The zero-order valence-electron chi connectivity index (χ0n) is 13.4. The zero-order valence-corrected chi connectivity index (χ0v) is 14.2. The topological polar surface area (TPSA) is 49.3 Å². The third-order valence-corrected chi connectivity index (χ3v) is 5.12. The van der Waals surface area contributed by atoms with E-state index >= 15 is 0 Å². The van der Waals surface area contributed by atoms with Crippen molar-refractivity contribution in [1.29, 1.82) is 0 Å². The molecule has 1 fully saturated rings. The summed E-state index contributed by atoms with van der Waals surface area (Å²) in [6, 6.07) is 6.84. The van der Waals surface area contributed by atoms with E-state index in [1.54, 1.807) is 18.4 Å². The number of nitrogens with zero attached hydrogens (tertiary/aromatic N) is 2. The molecule has 0 amide bonds. The van der Waals surface area contributed by atoms with Crippen LogP contribution in [0.1, 0.15) is 28.3 Å². The van der Waals surface area contributed by atoms with Crippen LogP contribution in [0.4, 0.5) is 4.39 Å². The van der Waals surface area contributed by atoms with Gasteiger partial charge in [-0.15, -0.1) is 11.3 Å². The monoisotopic (exact) mass is 332 g/mol. The van der Waals surface area contributed by atoms with E-state index in [-0.39, 0.29) is 11.2 Å². The average molecular weight is 332 g/mol. The van der Waals surface area contributed by atoms with Gasteiger partial charge in [-0.1, -0.05) is 12.1 Å². The number of aromatic nitrogens is 1. The summed E-state index contributed by atoms with van der Waals surface area (Å²) in [5.41, 5.74) is 1.31. The molecule has 0 saturated heterocycles. The van der Waals surface area contributed by atoms with Crippen LogP contribution >= 0.6 is 11.3 Å². The number of rotatable bonds is 5. The molecule has 0 radical (unpaired) electrons. The number of aliphatic imine (C=N–C) groups is 1. The zero-order chi connectivity index (χ0) is 16.3. The minimum absolute atomic E-state index is 0.114. The number of benzene rings is 1. The molecule has 0 bridgehead atoms. The Labute approximate surface area is 139 Å². The lowest BCUT2D eigenvalue weighted by Gasteiger charge is -2.18. The third kappa shape index (κ3) is 3.88. The van der Waals surface area contributed by atoms with E-state index in [0.717, 1.165) is 30.4 Å². The fourth-order valence-electron chi connectivity index (χ4n) is 2.64. The molecule has 1 aliphatic carbocycles. The Hall–Kier alpha value is -1.95. The lowest BCUT2D eigenvalue weighted by molar-refractivity contribution is 0.617. The summed E-state index contributed by atoms with van der Waals surface area (Å²) in [6.07, 6.45) is 4.12. The van der Waals surface area contributed by atoms with Gasteiger partial charge in [0.15, 0.2) is 5.96 Å². The summed E-state index contributed by atoms with van der Waals surface area (Å²) in [5.74, 6) is 0.583. The van der Waals surface area contributed by atoms with Gasteiger partial charge < -0.3 is 10.6 Å². The summed E-state index contributed by atoms with van der Waals surface area (Å²) in [7, 11) is 1.76. The number of aryl methyl sites for hydroxylation is 1. The highest BCUT2D eigenvalue weighted by molar-refractivity contribution is 7.11. The first-order valence-corrected chi connectivity index (χ1v) is 8.55. The van der Waals surface area contributed by atoms with E-state index in [1.165, 1.54) is 22.6 Å². The molecular formula is C17H21FN4S. The fraction of sp³-hybridized carbons (Fsp3) is 0.412. The standard InChI is InChI=1S/C17H21FN4S/c1-12-9-20-15(23-12)10-21-16(19-2)22-11-17(7-8-17)13-3-5-14(18)6-4-13/h3-6,9H,7-8,10-11H2,1-2H3,(H2,19,21,22). The van der Waals surface area contributed by atoms with Crippen LogP contribution in [-0.2, 0) is 12.0 Å². The van der Waals surface area contributed by atoms with Crippen LogP contribution in [0.3, 0.4) is 0 Å². The molecule has 1 heterocycles. The molecule has 2 N–H and O–H groups in total. The largest absolute Gasteiger partial charge is 0.356 e. The molecule has 3 rings (SSSR count). The number of thiazole rings is 1. The first-order chi connectivity index (χ1) is 11.1. The van der Waals surface area contributed by atoms with Crippen molar-refractivity contribution in [1.82, 2.24) is 15.6 Å². The van der Waals surface area contributed by atoms with Crippen molar-refractivity contribution in [2.75, 3.05) is 13.6 Å². The van der Waals surface area contributed by atoms with E-state index in [4.69, 9.17) is 0 Å². The van der Waals surface area contributed by atoms with Gasteiger partial charge in [-0.3, -0.25) is 4.99 Å². The Kier molecular flexibility index (Phi) is 4.61. The Morgan fingerprint density at radius 1 is 1.30 bits per heavy atom. The van der Waals surface area contributed by atoms with Gasteiger partial charge in [0.25, 0.3) is 0 Å². The van der Waals surface area contributed by atoms with Crippen LogP contribution in [0.2, 0.25) is 0 Å². The van der Waals surface area contributed by atoms with Crippen molar-refractivity contribution in [3.8, 4) is 0 Å². The normalized spacial score (nSPS) is 16.2. The van der Waals surface area contributed by atoms with Crippen molar-refractivity contribution < 1.29 is 4.39 Å². The average Bonchev–Trinajstić information content (AvgIpc) is 3.23. The van der Waals surface area contributed by atoms with Crippen LogP contribution in [0.5, 0.6) is 0 Å². The number of guanidine groups is 1. The molecule has 1 aliphatic rings. The van der Waals surface area contributed by atoms with E-state index in [1.807, 2.05) is 25.3 Å². The Balaban J connectivity index is 1.54. The Bertz CT molecular complexity index is 689. The van der Waals surface area contributed by atoms with Gasteiger partial charge in [-0.25, -0.2) is 9.37 Å². The molecule has 0 aliphatic heterocycles. The predicted molar refractivity (Wildman–Crippen MR) is 92.4 cm³/mol. The van der Waals surface area contributed by atoms with Crippen LogP contribution in [0, 0.1) is 12.7 Å². The van der Waals surface area contributed by atoms with E-state index < -0.39 is 0 Å². The van der Waals surface area contributed by atoms with Gasteiger partial charge in [0.05, 0.1) is 6.54 Å². The number of halogens is 1. The van der Waals surface area contributed by atoms with Crippen molar-refractivity contribution in [3.05, 3.63) is 51.7 Å². The molecule has 0 atom stereocenters. The number of nitrogens with one attached hydrogen (secondary N) is 2. The summed E-state index contributed by atoms with van der Waals surface area (Å²) >= 11 is 1.68. The molecule has 2 aromatic rings. The molecule has 0 unspecified atom stereocenters. The lowest BCUT2D eigenvalue weighted by Crippen LogP contribution is -2.40. The first kappa shape index (κ1) is 15.9. The Morgan fingerprint density at radius 2 is 2.04 bits per heavy atom. The summed E-state index contributed by atoms with van der Waals surface area (Å²) < 4.78 is 13.1. The molecule has 1 saturated carbocycles. The highest BCUT2D eigenvalue weighted by Gasteiger charge is 2.44. The molecule has 1 aromatic heterocycles. The van der Waals surface area contributed by atoms with E-state index in [9.17, 15) is 4.39 Å². The first-order valence-electron chi connectivity index (χ1n) is 7.73. The Morgan fingerprint density at radius 3 is 2.61 bits per heavy atom. The highest BCUT2D eigenvalue weighted by Crippen LogP contribution is 2.47. The maximum absolute atomic E-state index is 13.1. The van der Waals surface area contributed by atoms with E-state index in [2.05, 4.69) is 20.6 Å². The van der Waals surface area contributed by atoms with Crippen LogP contribution < -0.4 is 10.6 Å². The van der Waals surface area contributed by atoms with Crippen LogP contribution in [0.15, 0.2) is 35.5 Å². The minimum Gasteiger partial charge on any atom is -0.356 e. The van der Waals surface area contributed by atoms with Crippen molar-refractivity contribution >= 4 is 17.3 Å². The van der Waals surface area contributed by atoms with Gasteiger partial charge in [-0.2, -0.15) is 0 Å². The molecule has 4 nitrogen and oxygen atoms in total. The molecular weight excluding hydrogens is 311 g/mol. The van der Waals surface area contributed by atoms with E-state index in [0.29, 0.717) is 6.54 Å². The predicted octanol–water partition coefficient (Wildman–Crippen LogP) is 2.99. The summed E-state index contributed by atoms with van der Waals surface area (Å²) in [6.45, 7) is 3.52. The van der Waals surface area contributed by atoms with Crippen LogP contribution in [0.25, 0.3) is 0 Å². The minimum atomic E-state index is -0.186. The van der Waals surface area contributed by atoms with Crippen LogP contribution in [-0.4, -0.2) is 24.5 Å². The second kappa shape index (κ2) is 6.66. The quantitative estimate of drug-likeness (QED) is 0.654. The second-order valence-corrected chi connectivity index (χ2v) is 7.25. The number of hydrogen-bond acceptors (Lipinski definition) is 3. The van der Waals surface area contributed by atoms with Crippen molar-refractivity contribution in [2.45, 2.75) is 31.7 Å². The SMILES string of the molecule is CN=C(NCc1ncc(C)s1)NCC1(c2ccc(F)cc2)CC1. The molecule has 122 valence electrons. The lowest BCUT2D eigenvalue weighted by atomic mass is 9.96.